The van der Waals surface area contributed by atoms with Crippen LogP contribution >= 0.6 is 15.9 Å². The highest BCUT2D eigenvalue weighted by atomic mass is 79.9. The van der Waals surface area contributed by atoms with E-state index in [1.165, 1.54) is 11.2 Å². The van der Waals surface area contributed by atoms with Crippen molar-refractivity contribution in [1.29, 1.82) is 0 Å². The predicted octanol–water partition coefficient (Wildman–Crippen LogP) is 1.90. The molecule has 2 aromatic rings. The molecule has 1 fully saturated rings. The molecule has 100 valence electrons. The maximum atomic E-state index is 11.1. The van der Waals surface area contributed by atoms with Crippen molar-refractivity contribution in [2.45, 2.75) is 18.9 Å². The Hall–Kier alpha value is -1.70. The molecule has 0 aromatic carbocycles. The minimum Gasteiger partial charge on any atom is -0.465 e. The number of likely N-dealkylation sites (tertiary alicyclic amines) is 1. The SMILES string of the molecule is O=C(O)N1CCC[C@@H](n2nc(Br)c3cncnc32)C1. The Kier molecular flexibility index (Phi) is 3.09. The van der Waals surface area contributed by atoms with Crippen molar-refractivity contribution in [1.82, 2.24) is 24.6 Å². The van der Waals surface area contributed by atoms with Gasteiger partial charge in [0.1, 0.15) is 10.9 Å². The number of fused-ring (bicyclic) bond motifs is 1. The van der Waals surface area contributed by atoms with Crippen LogP contribution in [0.4, 0.5) is 4.79 Å². The number of hydrogen-bond acceptors (Lipinski definition) is 4. The van der Waals surface area contributed by atoms with Crippen molar-refractivity contribution in [3.05, 3.63) is 17.1 Å². The summed E-state index contributed by atoms with van der Waals surface area (Å²) in [6.07, 6.45) is 4.03. The smallest absolute Gasteiger partial charge is 0.407 e. The molecule has 1 atom stereocenters. The molecule has 0 bridgehead atoms. The number of piperidine rings is 1. The van der Waals surface area contributed by atoms with Crippen LogP contribution in [-0.4, -0.2) is 48.9 Å². The zero-order chi connectivity index (χ0) is 13.4. The van der Waals surface area contributed by atoms with Crippen molar-refractivity contribution in [3.8, 4) is 0 Å². The summed E-state index contributed by atoms with van der Waals surface area (Å²) in [6.45, 7) is 1.03. The molecule has 0 radical (unpaired) electrons. The quantitative estimate of drug-likeness (QED) is 0.865. The van der Waals surface area contributed by atoms with E-state index < -0.39 is 6.09 Å². The average molecular weight is 326 g/mol. The van der Waals surface area contributed by atoms with Crippen LogP contribution in [0.25, 0.3) is 11.0 Å². The molecular formula is C11H12BrN5O2. The minimum absolute atomic E-state index is 0.0218. The van der Waals surface area contributed by atoms with Gasteiger partial charge in [0.2, 0.25) is 0 Å². The molecule has 1 aliphatic rings. The van der Waals surface area contributed by atoms with Crippen LogP contribution in [-0.2, 0) is 0 Å². The van der Waals surface area contributed by atoms with E-state index in [0.29, 0.717) is 17.7 Å². The van der Waals surface area contributed by atoms with Crippen LogP contribution in [0.2, 0.25) is 0 Å². The molecule has 0 spiro atoms. The average Bonchev–Trinajstić information content (AvgIpc) is 2.77. The Morgan fingerprint density at radius 2 is 2.37 bits per heavy atom. The summed E-state index contributed by atoms with van der Waals surface area (Å²) in [5, 5.41) is 14.3. The van der Waals surface area contributed by atoms with E-state index in [2.05, 4.69) is 31.0 Å². The lowest BCUT2D eigenvalue weighted by molar-refractivity contribution is 0.120. The zero-order valence-corrected chi connectivity index (χ0v) is 11.6. The highest BCUT2D eigenvalue weighted by Gasteiger charge is 2.27. The summed E-state index contributed by atoms with van der Waals surface area (Å²) >= 11 is 3.39. The number of carboxylic acid groups (broad SMARTS) is 1. The van der Waals surface area contributed by atoms with Gasteiger partial charge in [0.25, 0.3) is 0 Å². The third-order valence-electron chi connectivity index (χ3n) is 3.34. The Labute approximate surface area is 117 Å². The van der Waals surface area contributed by atoms with E-state index in [-0.39, 0.29) is 6.04 Å². The van der Waals surface area contributed by atoms with Crippen molar-refractivity contribution in [2.75, 3.05) is 13.1 Å². The molecule has 0 unspecified atom stereocenters. The fourth-order valence-electron chi connectivity index (χ4n) is 2.43. The lowest BCUT2D eigenvalue weighted by Crippen LogP contribution is -2.40. The Bertz CT molecular complexity index is 629. The number of aromatic nitrogens is 4. The van der Waals surface area contributed by atoms with Crippen LogP contribution in [0.1, 0.15) is 18.9 Å². The number of carbonyl (C=O) groups is 1. The second kappa shape index (κ2) is 4.76. The van der Waals surface area contributed by atoms with E-state index in [1.807, 2.05) is 0 Å². The highest BCUT2D eigenvalue weighted by Crippen LogP contribution is 2.28. The molecule has 1 amide bonds. The van der Waals surface area contributed by atoms with Gasteiger partial charge in [-0.2, -0.15) is 5.10 Å². The minimum atomic E-state index is -0.880. The number of nitrogens with zero attached hydrogens (tertiary/aromatic N) is 5. The topological polar surface area (TPSA) is 84.1 Å². The number of rotatable bonds is 1. The first-order valence-corrected chi connectivity index (χ1v) is 6.77. The summed E-state index contributed by atoms with van der Waals surface area (Å²) in [5.41, 5.74) is 0.735. The standard InChI is InChI=1S/C11H12BrN5O2/c12-9-8-4-13-6-14-10(8)17(15-9)7-2-1-3-16(5-7)11(18)19/h4,6-7H,1-3,5H2,(H,18,19)/t7-/m1/s1. The van der Waals surface area contributed by atoms with Gasteiger partial charge in [-0.25, -0.2) is 19.4 Å². The predicted molar refractivity (Wildman–Crippen MR) is 70.9 cm³/mol. The van der Waals surface area contributed by atoms with Gasteiger partial charge in [-0.05, 0) is 28.8 Å². The normalized spacial score (nSPS) is 19.8. The van der Waals surface area contributed by atoms with E-state index in [9.17, 15) is 4.79 Å². The van der Waals surface area contributed by atoms with Crippen LogP contribution in [0.3, 0.4) is 0 Å². The zero-order valence-electron chi connectivity index (χ0n) is 10.0. The Morgan fingerprint density at radius 3 is 3.16 bits per heavy atom. The van der Waals surface area contributed by atoms with Crippen LogP contribution < -0.4 is 0 Å². The fourth-order valence-corrected chi connectivity index (χ4v) is 2.88. The first kappa shape index (κ1) is 12.3. The van der Waals surface area contributed by atoms with Gasteiger partial charge in [-0.3, -0.25) is 0 Å². The van der Waals surface area contributed by atoms with Crippen LogP contribution in [0.5, 0.6) is 0 Å². The molecule has 0 aliphatic carbocycles. The van der Waals surface area contributed by atoms with Crippen LogP contribution in [0.15, 0.2) is 17.1 Å². The van der Waals surface area contributed by atoms with Gasteiger partial charge in [0, 0.05) is 19.3 Å². The van der Waals surface area contributed by atoms with E-state index >= 15 is 0 Å². The first-order chi connectivity index (χ1) is 9.16. The molecule has 3 heterocycles. The third-order valence-corrected chi connectivity index (χ3v) is 3.92. The largest absolute Gasteiger partial charge is 0.465 e. The molecule has 3 rings (SSSR count). The summed E-state index contributed by atoms with van der Waals surface area (Å²) in [6, 6.07) is 0.0218. The lowest BCUT2D eigenvalue weighted by atomic mass is 10.1. The summed E-state index contributed by atoms with van der Waals surface area (Å²) in [5.74, 6) is 0. The summed E-state index contributed by atoms with van der Waals surface area (Å²) in [4.78, 5) is 20.7. The number of hydrogen-bond donors (Lipinski definition) is 1. The third kappa shape index (κ3) is 2.16. The lowest BCUT2D eigenvalue weighted by Gasteiger charge is -2.30. The highest BCUT2D eigenvalue weighted by molar-refractivity contribution is 9.10. The second-order valence-electron chi connectivity index (χ2n) is 4.52. The number of amides is 1. The van der Waals surface area contributed by atoms with E-state index in [0.717, 1.165) is 23.9 Å². The molecule has 0 saturated carbocycles. The number of halogens is 1. The molecule has 2 aromatic heterocycles. The molecule has 8 heteroatoms. The second-order valence-corrected chi connectivity index (χ2v) is 5.27. The van der Waals surface area contributed by atoms with E-state index in [4.69, 9.17) is 5.11 Å². The molecule has 19 heavy (non-hydrogen) atoms. The molecule has 1 aliphatic heterocycles. The fraction of sp³-hybridized carbons (Fsp3) is 0.455. The van der Waals surface area contributed by atoms with Gasteiger partial charge in [-0.15, -0.1) is 0 Å². The molecule has 1 N–H and O–H groups in total. The molecule has 7 nitrogen and oxygen atoms in total. The maximum Gasteiger partial charge on any atom is 0.407 e. The summed E-state index contributed by atoms with van der Waals surface area (Å²) < 4.78 is 2.49. The van der Waals surface area contributed by atoms with Gasteiger partial charge >= 0.3 is 6.09 Å². The monoisotopic (exact) mass is 325 g/mol. The van der Waals surface area contributed by atoms with Crippen molar-refractivity contribution < 1.29 is 9.90 Å². The van der Waals surface area contributed by atoms with E-state index in [1.54, 1.807) is 10.9 Å². The van der Waals surface area contributed by atoms with Gasteiger partial charge < -0.3 is 10.0 Å². The summed E-state index contributed by atoms with van der Waals surface area (Å²) in [7, 11) is 0. The Balaban J connectivity index is 1.98. The Morgan fingerprint density at radius 1 is 1.53 bits per heavy atom. The molecule has 1 saturated heterocycles. The van der Waals surface area contributed by atoms with Gasteiger partial charge in [0.15, 0.2) is 5.65 Å². The van der Waals surface area contributed by atoms with Crippen molar-refractivity contribution >= 4 is 33.1 Å². The molecular weight excluding hydrogens is 314 g/mol. The first-order valence-electron chi connectivity index (χ1n) is 5.98. The van der Waals surface area contributed by atoms with Gasteiger partial charge in [-0.1, -0.05) is 0 Å². The van der Waals surface area contributed by atoms with Crippen molar-refractivity contribution in [2.24, 2.45) is 0 Å². The maximum absolute atomic E-state index is 11.1. The van der Waals surface area contributed by atoms with Gasteiger partial charge in [0.05, 0.1) is 11.4 Å². The van der Waals surface area contributed by atoms with Crippen molar-refractivity contribution in [3.63, 3.8) is 0 Å². The van der Waals surface area contributed by atoms with Crippen LogP contribution in [0, 0.1) is 0 Å².